The number of hydrogen-bond acceptors (Lipinski definition) is 5. The van der Waals surface area contributed by atoms with E-state index >= 15 is 0 Å². The Labute approximate surface area is 284 Å². The van der Waals surface area contributed by atoms with Crippen molar-refractivity contribution in [1.29, 1.82) is 0 Å². The van der Waals surface area contributed by atoms with Crippen molar-refractivity contribution in [2.24, 2.45) is 5.92 Å². The molecule has 0 bridgehead atoms. The summed E-state index contributed by atoms with van der Waals surface area (Å²) in [5, 5.41) is 9.70. The minimum Gasteiger partial charge on any atom is -0.357 e. The predicted octanol–water partition coefficient (Wildman–Crippen LogP) is 5.93. The van der Waals surface area contributed by atoms with E-state index in [4.69, 9.17) is 11.6 Å². The zero-order chi connectivity index (χ0) is 34.9. The number of hydrogen-bond donors (Lipinski definition) is 3. The van der Waals surface area contributed by atoms with Gasteiger partial charge in [0.1, 0.15) is 6.04 Å². The van der Waals surface area contributed by atoms with Crippen LogP contribution in [0.15, 0.2) is 60.7 Å². The Morgan fingerprint density at radius 3 is 2.07 bits per heavy atom. The second-order valence-electron chi connectivity index (χ2n) is 12.9. The molecule has 2 heterocycles. The molecule has 46 heavy (non-hydrogen) atoms. The van der Waals surface area contributed by atoms with Crippen LogP contribution in [0.5, 0.6) is 0 Å². The Morgan fingerprint density at radius 2 is 1.65 bits per heavy atom. The van der Waals surface area contributed by atoms with E-state index in [9.17, 15) is 14.4 Å². The third kappa shape index (κ3) is 14.2. The van der Waals surface area contributed by atoms with Gasteiger partial charge in [0.15, 0.2) is 0 Å². The van der Waals surface area contributed by atoms with Gasteiger partial charge in [-0.3, -0.25) is 19.3 Å². The van der Waals surface area contributed by atoms with E-state index in [0.29, 0.717) is 36.9 Å². The van der Waals surface area contributed by atoms with Crippen molar-refractivity contribution in [1.82, 2.24) is 25.8 Å². The Kier molecular flexibility index (Phi) is 18.8. The van der Waals surface area contributed by atoms with Crippen LogP contribution in [0, 0.1) is 5.92 Å². The lowest BCUT2D eigenvalue weighted by Crippen LogP contribution is -2.60. The molecule has 0 spiro atoms. The van der Waals surface area contributed by atoms with E-state index in [1.54, 1.807) is 12.2 Å². The van der Waals surface area contributed by atoms with Crippen molar-refractivity contribution in [3.8, 4) is 0 Å². The van der Waals surface area contributed by atoms with Crippen LogP contribution < -0.4 is 16.0 Å². The van der Waals surface area contributed by atoms with Crippen molar-refractivity contribution in [2.75, 3.05) is 39.3 Å². The normalized spacial score (nSPS) is 18.3. The maximum Gasteiger partial charge on any atom is 0.245 e. The Morgan fingerprint density at radius 1 is 1.07 bits per heavy atom. The van der Waals surface area contributed by atoms with Crippen LogP contribution in [0.25, 0.3) is 0 Å². The highest BCUT2D eigenvalue weighted by atomic mass is 35.5. The molecule has 8 nitrogen and oxygen atoms in total. The molecule has 3 atom stereocenters. The molecular weight excluding hydrogens is 598 g/mol. The van der Waals surface area contributed by atoms with Crippen LogP contribution in [0.2, 0.25) is 5.02 Å². The first-order valence-electron chi connectivity index (χ1n) is 16.7. The second-order valence-corrected chi connectivity index (χ2v) is 13.3. The number of carbonyl (C=O) groups excluding carboxylic acids is 3. The average molecular weight is 658 g/mol. The zero-order valence-corrected chi connectivity index (χ0v) is 30.4. The Bertz CT molecular complexity index is 1150. The average Bonchev–Trinajstić information content (AvgIpc) is 3.33. The van der Waals surface area contributed by atoms with Gasteiger partial charge in [-0.2, -0.15) is 0 Å². The monoisotopic (exact) mass is 657 g/mol. The quantitative estimate of drug-likeness (QED) is 0.192. The highest BCUT2D eigenvalue weighted by Crippen LogP contribution is 2.29. The molecule has 3 rings (SSSR count). The van der Waals surface area contributed by atoms with Crippen molar-refractivity contribution in [3.63, 3.8) is 0 Å². The van der Waals surface area contributed by atoms with E-state index in [-0.39, 0.29) is 29.3 Å². The minimum atomic E-state index is -0.592. The number of amides is 3. The van der Waals surface area contributed by atoms with E-state index in [0.717, 1.165) is 44.6 Å². The third-order valence-corrected chi connectivity index (χ3v) is 8.99. The number of rotatable bonds is 12. The molecule has 3 amide bonds. The summed E-state index contributed by atoms with van der Waals surface area (Å²) in [5.41, 5.74) is 3.65. The first-order valence-corrected chi connectivity index (χ1v) is 17.0. The molecular formula is C37H60ClN5O3. The highest BCUT2D eigenvalue weighted by molar-refractivity contribution is 6.30. The van der Waals surface area contributed by atoms with Crippen molar-refractivity contribution >= 4 is 29.3 Å². The van der Waals surface area contributed by atoms with Gasteiger partial charge in [0.25, 0.3) is 0 Å². The van der Waals surface area contributed by atoms with Crippen LogP contribution >= 0.6 is 11.6 Å². The molecule has 1 aromatic rings. The summed E-state index contributed by atoms with van der Waals surface area (Å²) in [6, 6.07) is 6.97. The first kappa shape index (κ1) is 41.1. The van der Waals surface area contributed by atoms with Gasteiger partial charge < -0.3 is 20.9 Å². The smallest absolute Gasteiger partial charge is 0.245 e. The van der Waals surface area contributed by atoms with Gasteiger partial charge in [0.2, 0.25) is 17.7 Å². The van der Waals surface area contributed by atoms with Gasteiger partial charge in [-0.25, -0.2) is 0 Å². The predicted molar refractivity (Wildman–Crippen MR) is 193 cm³/mol. The molecule has 0 aromatic heterocycles. The van der Waals surface area contributed by atoms with Crippen LogP contribution in [0.1, 0.15) is 80.2 Å². The summed E-state index contributed by atoms with van der Waals surface area (Å²) in [6.07, 6.45) is 6.31. The Hall–Kier alpha value is -2.94. The number of halogens is 1. The van der Waals surface area contributed by atoms with E-state index < -0.39 is 6.04 Å². The van der Waals surface area contributed by atoms with E-state index in [1.807, 2.05) is 36.1 Å². The van der Waals surface area contributed by atoms with Crippen LogP contribution in [-0.4, -0.2) is 84.4 Å². The molecule has 0 radical (unpaired) electrons. The molecule has 1 fully saturated rings. The number of allylic oxidation sites excluding steroid dienone is 2. The fourth-order valence-corrected chi connectivity index (χ4v) is 6.02. The number of benzene rings is 1. The van der Waals surface area contributed by atoms with E-state index in [1.165, 1.54) is 18.1 Å². The van der Waals surface area contributed by atoms with E-state index in [2.05, 4.69) is 75.6 Å². The number of carbonyl (C=O) groups is 3. The lowest BCUT2D eigenvalue weighted by Gasteiger charge is -2.47. The largest absolute Gasteiger partial charge is 0.357 e. The SMILES string of the molecule is C=CC=C.CCC(C)(CC(C)C)N1CCN(C(=O)C(Cc2ccc(Cl)cc2)NC(=O)CC2NCC(C)=C2C)CC1.CCNC(C)=O. The minimum absolute atomic E-state index is 0.00263. The molecule has 258 valence electrons. The number of nitrogens with one attached hydrogen (secondary N) is 3. The summed E-state index contributed by atoms with van der Waals surface area (Å²) < 4.78 is 0. The Balaban J connectivity index is 0.000000919. The van der Waals surface area contributed by atoms with Gasteiger partial charge in [-0.05, 0) is 64.2 Å². The summed E-state index contributed by atoms with van der Waals surface area (Å²) in [7, 11) is 0. The molecule has 1 aromatic carbocycles. The lowest BCUT2D eigenvalue weighted by molar-refractivity contribution is -0.139. The first-order chi connectivity index (χ1) is 21.7. The number of piperazine rings is 1. The van der Waals surface area contributed by atoms with Gasteiger partial charge in [-0.15, -0.1) is 0 Å². The maximum absolute atomic E-state index is 13.7. The fourth-order valence-electron chi connectivity index (χ4n) is 5.90. The summed E-state index contributed by atoms with van der Waals surface area (Å²) in [6.45, 7) is 28.1. The number of nitrogens with zero attached hydrogens (tertiary/aromatic N) is 2. The molecule has 2 aliphatic rings. The molecule has 0 aliphatic carbocycles. The lowest BCUT2D eigenvalue weighted by atomic mass is 9.86. The molecule has 9 heteroatoms. The fraction of sp³-hybridized carbons (Fsp3) is 0.595. The van der Waals surface area contributed by atoms with Gasteiger partial charge in [0.05, 0.1) is 0 Å². The van der Waals surface area contributed by atoms with Gasteiger partial charge in [-0.1, -0.05) is 81.0 Å². The zero-order valence-electron chi connectivity index (χ0n) is 29.7. The summed E-state index contributed by atoms with van der Waals surface area (Å²) >= 11 is 6.07. The molecule has 0 saturated carbocycles. The van der Waals surface area contributed by atoms with Crippen LogP contribution in [-0.2, 0) is 20.8 Å². The summed E-state index contributed by atoms with van der Waals surface area (Å²) in [5.74, 6) is 0.577. The van der Waals surface area contributed by atoms with Gasteiger partial charge >= 0.3 is 0 Å². The second kappa shape index (κ2) is 21.0. The molecule has 2 aliphatic heterocycles. The topological polar surface area (TPSA) is 93.8 Å². The third-order valence-electron chi connectivity index (χ3n) is 8.74. The van der Waals surface area contributed by atoms with Crippen LogP contribution in [0.3, 0.4) is 0 Å². The maximum atomic E-state index is 13.7. The molecule has 1 saturated heterocycles. The highest BCUT2D eigenvalue weighted by Gasteiger charge is 2.36. The van der Waals surface area contributed by atoms with Crippen molar-refractivity contribution < 1.29 is 14.4 Å². The summed E-state index contributed by atoms with van der Waals surface area (Å²) in [4.78, 5) is 41.2. The van der Waals surface area contributed by atoms with Gasteiger partial charge in [0, 0.05) is 75.6 Å². The molecule has 3 N–H and O–H groups in total. The van der Waals surface area contributed by atoms with Crippen molar-refractivity contribution in [2.45, 2.75) is 98.7 Å². The van der Waals surface area contributed by atoms with Crippen molar-refractivity contribution in [3.05, 3.63) is 71.3 Å². The van der Waals surface area contributed by atoms with Crippen LogP contribution in [0.4, 0.5) is 0 Å². The standard InChI is InChI=1S/C29H45ClN4O2.C4H9NO.C4H6/c1-7-29(6,18-20(2)3)34-14-12-33(13-15-34)28(36)26(16-23-8-10-24(30)11-9-23)32-27(35)17-25-22(5)21(4)19-31-25;1-3-5-4(2)6;1-3-4-2/h8-11,20,25-26,31H,7,12-19H2,1-6H3,(H,32,35);3H2,1-2H3,(H,5,6);3-4H,1-2H2. The molecule has 3 unspecified atom stereocenters.